The molecule has 0 aliphatic carbocycles. The lowest BCUT2D eigenvalue weighted by Crippen LogP contribution is -2.37. The second-order valence-corrected chi connectivity index (χ2v) is 5.99. The molecule has 1 amide bonds. The van der Waals surface area contributed by atoms with Gasteiger partial charge in [-0.2, -0.15) is 5.10 Å². The Morgan fingerprint density at radius 2 is 1.90 bits per heavy atom. The van der Waals surface area contributed by atoms with Crippen LogP contribution < -0.4 is 0 Å². The maximum absolute atomic E-state index is 12.7. The highest BCUT2D eigenvalue weighted by molar-refractivity contribution is 6.04. The van der Waals surface area contributed by atoms with Crippen LogP contribution in [0.15, 0.2) is 18.5 Å². The maximum atomic E-state index is 12.7. The lowest BCUT2D eigenvalue weighted by atomic mass is 10.1. The van der Waals surface area contributed by atoms with Gasteiger partial charge in [-0.15, -0.1) is 0 Å². The standard InChI is InChI=1S/C15H22N4O/c1-10(2)8-19(9-11(3)4)15(20)14-12-7-16-6-5-13(12)17-18-14/h5-7,10-11H,8-9H2,1-4H3,(H,17,18). The number of hydrogen-bond donors (Lipinski definition) is 1. The van der Waals surface area contributed by atoms with Crippen LogP contribution in [-0.2, 0) is 0 Å². The van der Waals surface area contributed by atoms with Crippen LogP contribution in [0.3, 0.4) is 0 Å². The molecule has 0 aliphatic rings. The van der Waals surface area contributed by atoms with E-state index in [1.165, 1.54) is 0 Å². The number of pyridine rings is 1. The Labute approximate surface area is 119 Å². The molecular weight excluding hydrogens is 252 g/mol. The zero-order valence-corrected chi connectivity index (χ0v) is 12.6. The normalized spacial score (nSPS) is 11.5. The Kier molecular flexibility index (Phi) is 4.37. The van der Waals surface area contributed by atoms with Crippen molar-refractivity contribution in [3.05, 3.63) is 24.2 Å². The Morgan fingerprint density at radius 3 is 2.50 bits per heavy atom. The van der Waals surface area contributed by atoms with E-state index in [9.17, 15) is 4.79 Å². The molecule has 2 aromatic rings. The lowest BCUT2D eigenvalue weighted by molar-refractivity contribution is 0.0711. The number of nitrogens with one attached hydrogen (secondary N) is 1. The average Bonchev–Trinajstić information content (AvgIpc) is 2.79. The molecule has 0 atom stereocenters. The summed E-state index contributed by atoms with van der Waals surface area (Å²) in [6, 6.07) is 1.83. The molecule has 0 spiro atoms. The van der Waals surface area contributed by atoms with E-state index in [4.69, 9.17) is 0 Å². The molecule has 0 radical (unpaired) electrons. The van der Waals surface area contributed by atoms with Crippen molar-refractivity contribution in [2.75, 3.05) is 13.1 Å². The van der Waals surface area contributed by atoms with Crippen LogP contribution in [0, 0.1) is 11.8 Å². The van der Waals surface area contributed by atoms with Crippen LogP contribution in [-0.4, -0.2) is 39.1 Å². The molecule has 108 valence electrons. The third kappa shape index (κ3) is 3.15. The molecule has 0 aliphatic heterocycles. The van der Waals surface area contributed by atoms with Crippen molar-refractivity contribution >= 4 is 16.8 Å². The number of nitrogens with zero attached hydrogens (tertiary/aromatic N) is 3. The van der Waals surface area contributed by atoms with Gasteiger partial charge in [-0.05, 0) is 17.9 Å². The minimum atomic E-state index is -0.0216. The van der Waals surface area contributed by atoms with E-state index in [2.05, 4.69) is 42.9 Å². The van der Waals surface area contributed by atoms with Crippen LogP contribution in [0.25, 0.3) is 10.9 Å². The SMILES string of the molecule is CC(C)CN(CC(C)C)C(=O)c1n[nH]c2ccncc12. The van der Waals surface area contributed by atoms with Gasteiger partial charge in [0.15, 0.2) is 5.69 Å². The van der Waals surface area contributed by atoms with Crippen molar-refractivity contribution < 1.29 is 4.79 Å². The van der Waals surface area contributed by atoms with Crippen molar-refractivity contribution in [3.8, 4) is 0 Å². The van der Waals surface area contributed by atoms with E-state index < -0.39 is 0 Å². The number of aromatic amines is 1. The highest BCUT2D eigenvalue weighted by Crippen LogP contribution is 2.17. The van der Waals surface area contributed by atoms with Gasteiger partial charge in [0.2, 0.25) is 0 Å². The van der Waals surface area contributed by atoms with Gasteiger partial charge in [0.05, 0.1) is 10.9 Å². The van der Waals surface area contributed by atoms with Crippen molar-refractivity contribution in [2.24, 2.45) is 11.8 Å². The molecule has 2 aromatic heterocycles. The van der Waals surface area contributed by atoms with Crippen molar-refractivity contribution in [2.45, 2.75) is 27.7 Å². The fraction of sp³-hybridized carbons (Fsp3) is 0.533. The average molecular weight is 274 g/mol. The summed E-state index contributed by atoms with van der Waals surface area (Å²) < 4.78 is 0. The second kappa shape index (κ2) is 6.03. The van der Waals surface area contributed by atoms with E-state index in [0.717, 1.165) is 24.0 Å². The van der Waals surface area contributed by atoms with E-state index >= 15 is 0 Å². The number of fused-ring (bicyclic) bond motifs is 1. The molecule has 1 N–H and O–H groups in total. The van der Waals surface area contributed by atoms with Crippen molar-refractivity contribution in [1.29, 1.82) is 0 Å². The first-order valence-electron chi connectivity index (χ1n) is 7.06. The zero-order chi connectivity index (χ0) is 14.7. The Morgan fingerprint density at radius 1 is 1.25 bits per heavy atom. The molecule has 5 heteroatoms. The van der Waals surface area contributed by atoms with Gasteiger partial charge < -0.3 is 4.90 Å². The summed E-state index contributed by atoms with van der Waals surface area (Å²) in [5.41, 5.74) is 1.31. The van der Waals surface area contributed by atoms with E-state index in [0.29, 0.717) is 17.5 Å². The van der Waals surface area contributed by atoms with Crippen LogP contribution in [0.1, 0.15) is 38.2 Å². The first kappa shape index (κ1) is 14.5. The zero-order valence-electron chi connectivity index (χ0n) is 12.6. The summed E-state index contributed by atoms with van der Waals surface area (Å²) in [6.45, 7) is 9.95. The minimum Gasteiger partial charge on any atom is -0.337 e. The van der Waals surface area contributed by atoms with Gasteiger partial charge in [0, 0.05) is 25.5 Å². The summed E-state index contributed by atoms with van der Waals surface area (Å²) in [4.78, 5) is 18.7. The van der Waals surface area contributed by atoms with Crippen molar-refractivity contribution in [3.63, 3.8) is 0 Å². The Bertz CT molecular complexity index is 578. The van der Waals surface area contributed by atoms with Gasteiger partial charge in [-0.1, -0.05) is 27.7 Å². The summed E-state index contributed by atoms with van der Waals surface area (Å²) in [5, 5.41) is 7.85. The molecular formula is C15H22N4O. The van der Waals surface area contributed by atoms with Crippen LogP contribution in [0.5, 0.6) is 0 Å². The predicted octanol–water partition coefficient (Wildman–Crippen LogP) is 2.71. The molecule has 5 nitrogen and oxygen atoms in total. The Balaban J connectivity index is 2.30. The maximum Gasteiger partial charge on any atom is 0.275 e. The number of carbonyl (C=O) groups is 1. The second-order valence-electron chi connectivity index (χ2n) is 5.99. The highest BCUT2D eigenvalue weighted by Gasteiger charge is 2.22. The molecule has 0 bridgehead atoms. The number of H-pyrrole nitrogens is 1. The molecule has 0 saturated heterocycles. The summed E-state index contributed by atoms with van der Waals surface area (Å²) in [6.07, 6.45) is 3.38. The highest BCUT2D eigenvalue weighted by atomic mass is 16.2. The van der Waals surface area contributed by atoms with E-state index in [-0.39, 0.29) is 5.91 Å². The van der Waals surface area contributed by atoms with Gasteiger partial charge in [0.1, 0.15) is 0 Å². The molecule has 0 unspecified atom stereocenters. The number of carbonyl (C=O) groups excluding carboxylic acids is 1. The molecule has 20 heavy (non-hydrogen) atoms. The number of rotatable bonds is 5. The van der Waals surface area contributed by atoms with Gasteiger partial charge >= 0.3 is 0 Å². The van der Waals surface area contributed by atoms with E-state index in [1.54, 1.807) is 12.4 Å². The van der Waals surface area contributed by atoms with Gasteiger partial charge in [-0.25, -0.2) is 0 Å². The summed E-state index contributed by atoms with van der Waals surface area (Å²) >= 11 is 0. The molecule has 0 fully saturated rings. The quantitative estimate of drug-likeness (QED) is 0.912. The smallest absolute Gasteiger partial charge is 0.275 e. The van der Waals surface area contributed by atoms with Crippen molar-refractivity contribution in [1.82, 2.24) is 20.1 Å². The summed E-state index contributed by atoms with van der Waals surface area (Å²) in [7, 11) is 0. The minimum absolute atomic E-state index is 0.0216. The largest absolute Gasteiger partial charge is 0.337 e. The Hall–Kier alpha value is -1.91. The monoisotopic (exact) mass is 274 g/mol. The van der Waals surface area contributed by atoms with Crippen LogP contribution in [0.2, 0.25) is 0 Å². The molecule has 2 heterocycles. The topological polar surface area (TPSA) is 61.9 Å². The lowest BCUT2D eigenvalue weighted by Gasteiger charge is -2.25. The third-order valence-electron chi connectivity index (χ3n) is 3.03. The molecule has 0 saturated carbocycles. The third-order valence-corrected chi connectivity index (χ3v) is 3.03. The van der Waals surface area contributed by atoms with Crippen LogP contribution >= 0.6 is 0 Å². The first-order valence-corrected chi connectivity index (χ1v) is 7.06. The number of aromatic nitrogens is 3. The van der Waals surface area contributed by atoms with Gasteiger partial charge in [-0.3, -0.25) is 14.9 Å². The van der Waals surface area contributed by atoms with Crippen LogP contribution in [0.4, 0.5) is 0 Å². The fourth-order valence-corrected chi connectivity index (χ4v) is 2.29. The first-order chi connectivity index (χ1) is 9.49. The number of hydrogen-bond acceptors (Lipinski definition) is 3. The number of amides is 1. The summed E-state index contributed by atoms with van der Waals surface area (Å²) in [5.74, 6) is 0.841. The van der Waals surface area contributed by atoms with Gasteiger partial charge in [0.25, 0.3) is 5.91 Å². The molecule has 0 aromatic carbocycles. The molecule has 2 rings (SSSR count). The fourth-order valence-electron chi connectivity index (χ4n) is 2.29. The van der Waals surface area contributed by atoms with E-state index in [1.807, 2.05) is 11.0 Å². The predicted molar refractivity (Wildman–Crippen MR) is 79.5 cm³/mol.